The second-order valence-electron chi connectivity index (χ2n) is 6.44. The molecule has 1 fully saturated rings. The molecule has 0 amide bonds. The third-order valence-corrected chi connectivity index (χ3v) is 4.82. The fourth-order valence-corrected chi connectivity index (χ4v) is 3.37. The molecule has 0 bridgehead atoms. The Balaban J connectivity index is 1.41. The van der Waals surface area contributed by atoms with Crippen LogP contribution in [0.5, 0.6) is 5.75 Å². The molecular formula is C20H27N3O2. The van der Waals surface area contributed by atoms with E-state index in [1.807, 2.05) is 24.4 Å². The van der Waals surface area contributed by atoms with Gasteiger partial charge in [-0.3, -0.25) is 9.69 Å². The molecule has 0 spiro atoms. The number of para-hydroxylation sites is 2. The molecule has 0 unspecified atom stereocenters. The van der Waals surface area contributed by atoms with Gasteiger partial charge in [-0.2, -0.15) is 0 Å². The fourth-order valence-electron chi connectivity index (χ4n) is 3.37. The Labute approximate surface area is 149 Å². The first-order valence-corrected chi connectivity index (χ1v) is 9.04. The highest BCUT2D eigenvalue weighted by molar-refractivity contribution is 5.58. The number of nitrogens with zero attached hydrogens (tertiary/aromatic N) is 3. The van der Waals surface area contributed by atoms with Crippen molar-refractivity contribution in [2.24, 2.45) is 0 Å². The van der Waals surface area contributed by atoms with E-state index in [0.29, 0.717) is 0 Å². The number of hydrogen-bond donors (Lipinski definition) is 0. The predicted molar refractivity (Wildman–Crippen MR) is 102 cm³/mol. The number of anilines is 1. The van der Waals surface area contributed by atoms with E-state index in [1.165, 1.54) is 5.69 Å². The molecule has 5 heteroatoms. The van der Waals surface area contributed by atoms with Crippen molar-refractivity contribution in [3.05, 3.63) is 59.0 Å². The number of pyridine rings is 1. The van der Waals surface area contributed by atoms with Crippen molar-refractivity contribution < 1.29 is 4.74 Å². The van der Waals surface area contributed by atoms with E-state index in [2.05, 4.69) is 21.9 Å². The topological polar surface area (TPSA) is 37.7 Å². The molecule has 3 rings (SSSR count). The maximum absolute atomic E-state index is 11.7. The number of aromatic nitrogens is 1. The van der Waals surface area contributed by atoms with Crippen molar-refractivity contribution >= 4 is 5.69 Å². The molecule has 5 nitrogen and oxygen atoms in total. The van der Waals surface area contributed by atoms with Crippen LogP contribution in [0.2, 0.25) is 0 Å². The SMILES string of the molecule is COc1ccccc1N1CCN(CCCCn2ccccc2=O)CC1. The Hall–Kier alpha value is -2.27. The highest BCUT2D eigenvalue weighted by atomic mass is 16.5. The zero-order valence-corrected chi connectivity index (χ0v) is 14.9. The van der Waals surface area contributed by atoms with Crippen LogP contribution in [0.3, 0.4) is 0 Å². The number of ether oxygens (including phenoxy) is 1. The van der Waals surface area contributed by atoms with E-state index >= 15 is 0 Å². The number of rotatable bonds is 7. The third kappa shape index (κ3) is 4.63. The van der Waals surface area contributed by atoms with E-state index in [0.717, 1.165) is 57.9 Å². The van der Waals surface area contributed by atoms with Gasteiger partial charge in [0.15, 0.2) is 0 Å². The van der Waals surface area contributed by atoms with Crippen LogP contribution in [0, 0.1) is 0 Å². The van der Waals surface area contributed by atoms with Crippen LogP contribution in [-0.4, -0.2) is 49.3 Å². The van der Waals surface area contributed by atoms with Gasteiger partial charge in [-0.1, -0.05) is 18.2 Å². The van der Waals surface area contributed by atoms with Gasteiger partial charge in [0.2, 0.25) is 5.56 Å². The lowest BCUT2D eigenvalue weighted by atomic mass is 10.2. The number of hydrogen-bond acceptors (Lipinski definition) is 4. The summed E-state index contributed by atoms with van der Waals surface area (Å²) in [5, 5.41) is 0. The van der Waals surface area contributed by atoms with E-state index in [4.69, 9.17) is 4.74 Å². The standard InChI is InChI=1S/C20H27N3O2/c1-25-19-9-3-2-8-18(19)22-16-14-21(15-17-22)11-6-7-13-23-12-5-4-10-20(23)24/h2-5,8-10,12H,6-7,11,13-17H2,1H3. The van der Waals surface area contributed by atoms with E-state index in [1.54, 1.807) is 23.8 Å². The van der Waals surface area contributed by atoms with Gasteiger partial charge >= 0.3 is 0 Å². The minimum Gasteiger partial charge on any atom is -0.495 e. The first-order valence-electron chi connectivity index (χ1n) is 9.04. The van der Waals surface area contributed by atoms with Crippen LogP contribution in [-0.2, 0) is 6.54 Å². The van der Waals surface area contributed by atoms with Gasteiger partial charge in [0.25, 0.3) is 0 Å². The molecule has 0 radical (unpaired) electrons. The first-order chi connectivity index (χ1) is 12.3. The van der Waals surface area contributed by atoms with Crippen LogP contribution in [0.1, 0.15) is 12.8 Å². The molecule has 0 N–H and O–H groups in total. The molecule has 2 aromatic rings. The summed E-state index contributed by atoms with van der Waals surface area (Å²) in [6.07, 6.45) is 4.03. The normalized spacial score (nSPS) is 15.3. The summed E-state index contributed by atoms with van der Waals surface area (Å²) in [4.78, 5) is 16.6. The average molecular weight is 341 g/mol. The van der Waals surface area contributed by atoms with Crippen LogP contribution in [0.4, 0.5) is 5.69 Å². The minimum atomic E-state index is 0.0907. The van der Waals surface area contributed by atoms with E-state index < -0.39 is 0 Å². The van der Waals surface area contributed by atoms with Crippen molar-refractivity contribution in [2.45, 2.75) is 19.4 Å². The van der Waals surface area contributed by atoms with Crippen molar-refractivity contribution in [2.75, 3.05) is 44.7 Å². The van der Waals surface area contributed by atoms with Crippen LogP contribution in [0.15, 0.2) is 53.5 Å². The van der Waals surface area contributed by atoms with Crippen LogP contribution in [0.25, 0.3) is 0 Å². The number of unbranched alkanes of at least 4 members (excludes halogenated alkanes) is 1. The van der Waals surface area contributed by atoms with Gasteiger partial charge in [0, 0.05) is 45.0 Å². The quantitative estimate of drug-likeness (QED) is 0.725. The second-order valence-corrected chi connectivity index (χ2v) is 6.44. The Kier molecular flexibility index (Phi) is 6.12. The molecule has 0 saturated carbocycles. The lowest BCUT2D eigenvalue weighted by molar-refractivity contribution is 0.250. The fraction of sp³-hybridized carbons (Fsp3) is 0.450. The maximum atomic E-state index is 11.7. The van der Waals surface area contributed by atoms with E-state index in [9.17, 15) is 4.79 Å². The van der Waals surface area contributed by atoms with Gasteiger partial charge in [-0.15, -0.1) is 0 Å². The smallest absolute Gasteiger partial charge is 0.250 e. The van der Waals surface area contributed by atoms with Gasteiger partial charge < -0.3 is 14.2 Å². The summed E-state index contributed by atoms with van der Waals surface area (Å²) in [6, 6.07) is 13.6. The summed E-state index contributed by atoms with van der Waals surface area (Å²) in [6.45, 7) is 6.10. The van der Waals surface area contributed by atoms with Crippen molar-refractivity contribution in [1.82, 2.24) is 9.47 Å². The zero-order valence-electron chi connectivity index (χ0n) is 14.9. The van der Waals surface area contributed by atoms with Crippen LogP contribution >= 0.6 is 0 Å². The van der Waals surface area contributed by atoms with Crippen LogP contribution < -0.4 is 15.2 Å². The summed E-state index contributed by atoms with van der Waals surface area (Å²) in [7, 11) is 1.73. The number of methoxy groups -OCH3 is 1. The molecule has 1 aromatic heterocycles. The molecule has 0 atom stereocenters. The third-order valence-electron chi connectivity index (χ3n) is 4.82. The molecule has 134 valence electrons. The number of piperazine rings is 1. The average Bonchev–Trinajstić information content (AvgIpc) is 2.67. The molecule has 2 heterocycles. The number of aryl methyl sites for hydroxylation is 1. The number of benzene rings is 1. The largest absolute Gasteiger partial charge is 0.495 e. The van der Waals surface area contributed by atoms with Gasteiger partial charge in [-0.05, 0) is 37.6 Å². The van der Waals surface area contributed by atoms with Gasteiger partial charge in [0.1, 0.15) is 5.75 Å². The Morgan fingerprint density at radius 1 is 0.920 bits per heavy atom. The molecule has 25 heavy (non-hydrogen) atoms. The summed E-state index contributed by atoms with van der Waals surface area (Å²) < 4.78 is 7.26. The van der Waals surface area contributed by atoms with Gasteiger partial charge in [0.05, 0.1) is 12.8 Å². The zero-order chi connectivity index (χ0) is 17.5. The Morgan fingerprint density at radius 2 is 1.64 bits per heavy atom. The summed E-state index contributed by atoms with van der Waals surface area (Å²) >= 11 is 0. The summed E-state index contributed by atoms with van der Waals surface area (Å²) in [5.74, 6) is 0.948. The molecular weight excluding hydrogens is 314 g/mol. The lowest BCUT2D eigenvalue weighted by Gasteiger charge is -2.36. The van der Waals surface area contributed by atoms with Crippen molar-refractivity contribution in [1.29, 1.82) is 0 Å². The molecule has 1 aromatic carbocycles. The Bertz CT molecular complexity index is 721. The monoisotopic (exact) mass is 341 g/mol. The molecule has 1 saturated heterocycles. The van der Waals surface area contributed by atoms with E-state index in [-0.39, 0.29) is 5.56 Å². The molecule has 1 aliphatic heterocycles. The highest BCUT2D eigenvalue weighted by Crippen LogP contribution is 2.28. The highest BCUT2D eigenvalue weighted by Gasteiger charge is 2.18. The van der Waals surface area contributed by atoms with Crippen molar-refractivity contribution in [3.8, 4) is 5.75 Å². The lowest BCUT2D eigenvalue weighted by Crippen LogP contribution is -2.46. The van der Waals surface area contributed by atoms with Crippen molar-refractivity contribution in [3.63, 3.8) is 0 Å². The molecule has 0 aliphatic carbocycles. The maximum Gasteiger partial charge on any atom is 0.250 e. The first kappa shape index (κ1) is 17.5. The summed E-state index contributed by atoms with van der Waals surface area (Å²) in [5.41, 5.74) is 1.28. The van der Waals surface area contributed by atoms with Gasteiger partial charge in [-0.25, -0.2) is 0 Å². The molecule has 1 aliphatic rings. The minimum absolute atomic E-state index is 0.0907. The predicted octanol–water partition coefficient (Wildman–Crippen LogP) is 2.46. The second kappa shape index (κ2) is 8.72. The Morgan fingerprint density at radius 3 is 2.40 bits per heavy atom.